The summed E-state index contributed by atoms with van der Waals surface area (Å²) in [5.41, 5.74) is 10.6. The van der Waals surface area contributed by atoms with Crippen molar-refractivity contribution < 1.29 is 4.74 Å². The highest BCUT2D eigenvalue weighted by Gasteiger charge is 2.38. The molecule has 2 aliphatic rings. The Bertz CT molecular complexity index is 520. The number of hydrogen-bond acceptors (Lipinski definition) is 2. The van der Waals surface area contributed by atoms with Gasteiger partial charge in [0, 0.05) is 17.5 Å². The molecule has 0 saturated heterocycles. The predicted octanol–water partition coefficient (Wildman–Crippen LogP) is 4.39. The van der Waals surface area contributed by atoms with E-state index in [9.17, 15) is 0 Å². The zero-order valence-corrected chi connectivity index (χ0v) is 13.8. The summed E-state index contributed by atoms with van der Waals surface area (Å²) in [5, 5.41) is 0.770. The first kappa shape index (κ1) is 15.2. The lowest BCUT2D eigenvalue weighted by Gasteiger charge is -2.40. The molecule has 3 heteroatoms. The molecule has 0 unspecified atom stereocenters. The molecule has 1 saturated carbocycles. The Morgan fingerprint density at radius 1 is 1.14 bits per heavy atom. The molecule has 2 N–H and O–H groups in total. The average molecular weight is 308 g/mol. The summed E-state index contributed by atoms with van der Waals surface area (Å²) < 4.78 is 5.73. The van der Waals surface area contributed by atoms with Crippen LogP contribution in [0.25, 0.3) is 0 Å². The molecule has 116 valence electrons. The van der Waals surface area contributed by atoms with Gasteiger partial charge in [-0.15, -0.1) is 0 Å². The number of hydrogen-bond donors (Lipinski definition) is 1. The molecular formula is C18H26ClNO. The van der Waals surface area contributed by atoms with Crippen LogP contribution < -0.4 is 10.5 Å². The second-order valence-electron chi connectivity index (χ2n) is 6.66. The maximum atomic E-state index is 6.54. The van der Waals surface area contributed by atoms with Crippen LogP contribution in [0.1, 0.15) is 61.6 Å². The number of nitrogens with two attached hydrogens (primary N) is 1. The van der Waals surface area contributed by atoms with Gasteiger partial charge in [0.2, 0.25) is 0 Å². The van der Waals surface area contributed by atoms with Crippen molar-refractivity contribution in [1.82, 2.24) is 0 Å². The third-order valence-corrected chi connectivity index (χ3v) is 5.77. The molecule has 3 rings (SSSR count). The summed E-state index contributed by atoms with van der Waals surface area (Å²) >= 11 is 6.54. The number of aryl methyl sites for hydroxylation is 1. The van der Waals surface area contributed by atoms with E-state index < -0.39 is 0 Å². The molecule has 1 fully saturated rings. The summed E-state index contributed by atoms with van der Waals surface area (Å²) in [6.07, 6.45) is 11.0. The van der Waals surface area contributed by atoms with E-state index in [0.29, 0.717) is 6.54 Å². The van der Waals surface area contributed by atoms with Gasteiger partial charge in [-0.1, -0.05) is 30.9 Å². The summed E-state index contributed by atoms with van der Waals surface area (Å²) in [5.74, 6) is 0.893. The first-order valence-corrected chi connectivity index (χ1v) is 8.68. The van der Waals surface area contributed by atoms with E-state index in [1.807, 2.05) is 0 Å². The Morgan fingerprint density at radius 3 is 2.52 bits per heavy atom. The summed E-state index contributed by atoms with van der Waals surface area (Å²) in [4.78, 5) is 0. The van der Waals surface area contributed by atoms with E-state index in [4.69, 9.17) is 22.1 Å². The Balaban J connectivity index is 2.20. The largest absolute Gasteiger partial charge is 0.495 e. The van der Waals surface area contributed by atoms with Crippen LogP contribution in [-0.4, -0.2) is 13.7 Å². The van der Waals surface area contributed by atoms with Crippen LogP contribution in [0.3, 0.4) is 0 Å². The van der Waals surface area contributed by atoms with Gasteiger partial charge >= 0.3 is 0 Å². The first-order valence-electron chi connectivity index (χ1n) is 8.30. The second kappa shape index (κ2) is 6.18. The summed E-state index contributed by atoms with van der Waals surface area (Å²) in [7, 11) is 1.74. The van der Waals surface area contributed by atoms with E-state index in [1.165, 1.54) is 61.6 Å². The fraction of sp³-hybridized carbons (Fsp3) is 0.667. The lowest BCUT2D eigenvalue weighted by molar-refractivity contribution is 0.285. The van der Waals surface area contributed by atoms with E-state index in [2.05, 4.69) is 6.07 Å². The summed E-state index contributed by atoms with van der Waals surface area (Å²) in [6.45, 7) is 0.705. The lowest BCUT2D eigenvalue weighted by atomic mass is 9.66. The molecule has 2 nitrogen and oxygen atoms in total. The first-order chi connectivity index (χ1) is 10.2. The molecule has 0 atom stereocenters. The smallest absolute Gasteiger partial charge is 0.141 e. The fourth-order valence-electron chi connectivity index (χ4n) is 4.39. The molecule has 0 heterocycles. The number of fused-ring (bicyclic) bond motifs is 1. The average Bonchev–Trinajstić information content (AvgIpc) is 2.54. The van der Waals surface area contributed by atoms with E-state index in [0.717, 1.165) is 23.6 Å². The van der Waals surface area contributed by atoms with Gasteiger partial charge in [0.05, 0.1) is 12.1 Å². The SMILES string of the molecule is COc1c(Cl)cc2c(c1C1(CN)CCCCC1)CCCC2. The van der Waals surface area contributed by atoms with Crippen molar-refractivity contribution in [2.45, 2.75) is 63.2 Å². The van der Waals surface area contributed by atoms with Gasteiger partial charge in [-0.05, 0) is 55.7 Å². The standard InChI is InChI=1S/C18H26ClNO/c1-21-17-15(19)11-13-7-3-4-8-14(13)16(17)18(12-20)9-5-2-6-10-18/h11H,2-10,12,20H2,1H3. The third-order valence-electron chi connectivity index (χ3n) is 5.49. The van der Waals surface area contributed by atoms with E-state index in [1.54, 1.807) is 7.11 Å². The van der Waals surface area contributed by atoms with Gasteiger partial charge in [0.1, 0.15) is 5.75 Å². The van der Waals surface area contributed by atoms with Crippen LogP contribution in [-0.2, 0) is 18.3 Å². The van der Waals surface area contributed by atoms with Crippen LogP contribution >= 0.6 is 11.6 Å². The zero-order chi connectivity index (χ0) is 14.9. The van der Waals surface area contributed by atoms with Crippen molar-refractivity contribution in [3.63, 3.8) is 0 Å². The quantitative estimate of drug-likeness (QED) is 0.899. The van der Waals surface area contributed by atoms with Crippen molar-refractivity contribution in [3.05, 3.63) is 27.8 Å². The number of halogens is 1. The predicted molar refractivity (Wildman–Crippen MR) is 88.5 cm³/mol. The van der Waals surface area contributed by atoms with Crippen molar-refractivity contribution in [1.29, 1.82) is 0 Å². The van der Waals surface area contributed by atoms with Crippen molar-refractivity contribution in [2.75, 3.05) is 13.7 Å². The van der Waals surface area contributed by atoms with E-state index >= 15 is 0 Å². The van der Waals surface area contributed by atoms with Crippen molar-refractivity contribution >= 4 is 11.6 Å². The van der Waals surface area contributed by atoms with Gasteiger partial charge < -0.3 is 10.5 Å². The van der Waals surface area contributed by atoms with Gasteiger partial charge in [0.25, 0.3) is 0 Å². The minimum absolute atomic E-state index is 0.0793. The van der Waals surface area contributed by atoms with Crippen LogP contribution in [0.5, 0.6) is 5.75 Å². The van der Waals surface area contributed by atoms with Gasteiger partial charge in [0.15, 0.2) is 0 Å². The molecule has 1 aromatic carbocycles. The van der Waals surface area contributed by atoms with E-state index in [-0.39, 0.29) is 5.41 Å². The van der Waals surface area contributed by atoms with Crippen molar-refractivity contribution in [2.24, 2.45) is 5.73 Å². The number of benzene rings is 1. The van der Waals surface area contributed by atoms with Crippen molar-refractivity contribution in [3.8, 4) is 5.75 Å². The maximum absolute atomic E-state index is 6.54. The van der Waals surface area contributed by atoms with Crippen LogP contribution in [0, 0.1) is 0 Å². The highest BCUT2D eigenvalue weighted by molar-refractivity contribution is 6.32. The van der Waals surface area contributed by atoms with Crippen LogP contribution in [0.2, 0.25) is 5.02 Å². The molecular weight excluding hydrogens is 282 g/mol. The Hall–Kier alpha value is -0.730. The fourth-order valence-corrected chi connectivity index (χ4v) is 4.70. The van der Waals surface area contributed by atoms with Crippen LogP contribution in [0.4, 0.5) is 0 Å². The molecule has 0 spiro atoms. The Morgan fingerprint density at radius 2 is 1.86 bits per heavy atom. The normalized spacial score (nSPS) is 20.9. The Kier molecular flexibility index (Phi) is 4.46. The topological polar surface area (TPSA) is 35.2 Å². The molecule has 0 radical (unpaired) electrons. The van der Waals surface area contributed by atoms with Crippen LogP contribution in [0.15, 0.2) is 6.07 Å². The zero-order valence-electron chi connectivity index (χ0n) is 13.0. The number of ether oxygens (including phenoxy) is 1. The molecule has 1 aromatic rings. The molecule has 0 aliphatic heterocycles. The number of rotatable bonds is 3. The minimum Gasteiger partial charge on any atom is -0.495 e. The second-order valence-corrected chi connectivity index (χ2v) is 7.06. The lowest BCUT2D eigenvalue weighted by Crippen LogP contribution is -2.39. The number of methoxy groups -OCH3 is 1. The van der Waals surface area contributed by atoms with Gasteiger partial charge in [-0.25, -0.2) is 0 Å². The molecule has 0 bridgehead atoms. The highest BCUT2D eigenvalue weighted by atomic mass is 35.5. The highest BCUT2D eigenvalue weighted by Crippen LogP contribution is 2.48. The van der Waals surface area contributed by atoms with Gasteiger partial charge in [-0.2, -0.15) is 0 Å². The minimum atomic E-state index is 0.0793. The molecule has 0 aromatic heterocycles. The molecule has 2 aliphatic carbocycles. The summed E-state index contributed by atoms with van der Waals surface area (Å²) in [6, 6.07) is 2.13. The Labute approximate surface area is 133 Å². The van der Waals surface area contributed by atoms with Gasteiger partial charge in [-0.3, -0.25) is 0 Å². The third kappa shape index (κ3) is 2.57. The maximum Gasteiger partial charge on any atom is 0.141 e. The molecule has 21 heavy (non-hydrogen) atoms. The monoisotopic (exact) mass is 307 g/mol. The molecule has 0 amide bonds.